The third kappa shape index (κ3) is 3.17. The average Bonchev–Trinajstić information content (AvgIpc) is 3.12. The van der Waals surface area contributed by atoms with Crippen molar-refractivity contribution in [1.82, 2.24) is 9.55 Å². The molecule has 0 aliphatic rings. The van der Waals surface area contributed by atoms with Gasteiger partial charge < -0.3 is 0 Å². The van der Waals surface area contributed by atoms with Crippen molar-refractivity contribution in [1.29, 1.82) is 0 Å². The maximum atomic E-state index is 13.4. The van der Waals surface area contributed by atoms with Gasteiger partial charge >= 0.3 is 0 Å². The Morgan fingerprint density at radius 1 is 1.07 bits per heavy atom. The lowest BCUT2D eigenvalue weighted by Gasteiger charge is -2.06. The van der Waals surface area contributed by atoms with Gasteiger partial charge in [-0.05, 0) is 23.8 Å². The Labute approximate surface area is 156 Å². The summed E-state index contributed by atoms with van der Waals surface area (Å²) >= 11 is 1.35. The Balaban J connectivity index is 1.74. The number of hydrogen-bond donors (Lipinski definition) is 0. The maximum Gasteiger partial charge on any atom is 0.263 e. The fraction of sp³-hybridized carbons (Fsp3) is 0.0500. The van der Waals surface area contributed by atoms with Crippen LogP contribution in [0.2, 0.25) is 0 Å². The largest absolute Gasteiger partial charge is 0.292 e. The predicted molar refractivity (Wildman–Crippen MR) is 100 cm³/mol. The van der Waals surface area contributed by atoms with Crippen molar-refractivity contribution in [2.24, 2.45) is 0 Å². The SMILES string of the molecule is O=C(Cn1cnc2scc(-c3ccccc3)c2c1=O)c1ccc(F)c(F)c1. The first-order valence-electron chi connectivity index (χ1n) is 8.05. The average molecular weight is 382 g/mol. The van der Waals surface area contributed by atoms with E-state index in [1.165, 1.54) is 28.3 Å². The lowest BCUT2D eigenvalue weighted by atomic mass is 10.1. The van der Waals surface area contributed by atoms with Crippen molar-refractivity contribution in [2.45, 2.75) is 6.54 Å². The molecule has 0 atom stereocenters. The van der Waals surface area contributed by atoms with Gasteiger partial charge in [0.05, 0.1) is 18.3 Å². The summed E-state index contributed by atoms with van der Waals surface area (Å²) < 4.78 is 27.6. The first-order valence-corrected chi connectivity index (χ1v) is 8.93. The number of carbonyl (C=O) groups is 1. The van der Waals surface area contributed by atoms with Crippen molar-refractivity contribution in [3.63, 3.8) is 0 Å². The molecule has 0 unspecified atom stereocenters. The predicted octanol–water partition coefficient (Wildman–Crippen LogP) is 4.29. The molecular formula is C20H12F2N2O2S. The molecule has 0 aliphatic carbocycles. The fourth-order valence-electron chi connectivity index (χ4n) is 2.83. The van der Waals surface area contributed by atoms with E-state index >= 15 is 0 Å². The number of Topliss-reactive ketones (excluding diaryl/α,β-unsaturated/α-hetero) is 1. The van der Waals surface area contributed by atoms with E-state index in [0.717, 1.165) is 23.3 Å². The lowest BCUT2D eigenvalue weighted by Crippen LogP contribution is -2.24. The van der Waals surface area contributed by atoms with Crippen LogP contribution < -0.4 is 5.56 Å². The topological polar surface area (TPSA) is 52.0 Å². The van der Waals surface area contributed by atoms with Crippen LogP contribution in [0.15, 0.2) is 65.0 Å². The van der Waals surface area contributed by atoms with Gasteiger partial charge in [-0.1, -0.05) is 30.3 Å². The number of ketones is 1. The molecular weight excluding hydrogens is 370 g/mol. The number of benzene rings is 2. The highest BCUT2D eigenvalue weighted by Crippen LogP contribution is 2.30. The Bertz CT molecular complexity index is 1220. The van der Waals surface area contributed by atoms with Crippen LogP contribution in [0.3, 0.4) is 0 Å². The molecule has 134 valence electrons. The van der Waals surface area contributed by atoms with Gasteiger partial charge in [-0.25, -0.2) is 13.8 Å². The van der Waals surface area contributed by atoms with E-state index in [0.29, 0.717) is 10.2 Å². The number of thiophene rings is 1. The molecule has 4 aromatic rings. The molecule has 0 saturated carbocycles. The van der Waals surface area contributed by atoms with Gasteiger partial charge in [0.2, 0.25) is 0 Å². The van der Waals surface area contributed by atoms with Gasteiger partial charge in [0.1, 0.15) is 4.83 Å². The lowest BCUT2D eigenvalue weighted by molar-refractivity contribution is 0.0970. The number of carbonyl (C=O) groups excluding carboxylic acids is 1. The van der Waals surface area contributed by atoms with E-state index in [9.17, 15) is 18.4 Å². The summed E-state index contributed by atoms with van der Waals surface area (Å²) in [6, 6.07) is 12.3. The molecule has 0 amide bonds. The Morgan fingerprint density at radius 2 is 1.85 bits per heavy atom. The minimum Gasteiger partial charge on any atom is -0.292 e. The molecule has 0 spiro atoms. The Kier molecular flexibility index (Phi) is 4.37. The molecule has 0 N–H and O–H groups in total. The van der Waals surface area contributed by atoms with Crippen LogP contribution in [0.1, 0.15) is 10.4 Å². The van der Waals surface area contributed by atoms with E-state index < -0.39 is 17.4 Å². The normalized spacial score (nSPS) is 11.0. The third-order valence-electron chi connectivity index (χ3n) is 4.20. The summed E-state index contributed by atoms with van der Waals surface area (Å²) in [5, 5.41) is 2.29. The minimum atomic E-state index is -1.11. The molecule has 0 radical (unpaired) electrons. The zero-order valence-corrected chi connectivity index (χ0v) is 14.7. The number of aromatic nitrogens is 2. The maximum absolute atomic E-state index is 13.4. The monoisotopic (exact) mass is 382 g/mol. The minimum absolute atomic E-state index is 0.00509. The summed E-state index contributed by atoms with van der Waals surface area (Å²) in [6.07, 6.45) is 1.30. The van der Waals surface area contributed by atoms with E-state index in [-0.39, 0.29) is 17.7 Å². The van der Waals surface area contributed by atoms with Gasteiger partial charge in [-0.15, -0.1) is 11.3 Å². The van der Waals surface area contributed by atoms with Crippen LogP contribution in [-0.2, 0) is 6.54 Å². The smallest absolute Gasteiger partial charge is 0.263 e. The van der Waals surface area contributed by atoms with Crippen LogP contribution in [-0.4, -0.2) is 15.3 Å². The quantitative estimate of drug-likeness (QED) is 0.495. The second-order valence-corrected chi connectivity index (χ2v) is 6.78. The highest BCUT2D eigenvalue weighted by Gasteiger charge is 2.16. The van der Waals surface area contributed by atoms with Crippen molar-refractivity contribution in [3.8, 4) is 11.1 Å². The van der Waals surface area contributed by atoms with Gasteiger partial charge in [0, 0.05) is 16.5 Å². The zero-order chi connectivity index (χ0) is 19.0. The molecule has 0 fully saturated rings. The van der Waals surface area contributed by atoms with Crippen LogP contribution in [0.5, 0.6) is 0 Å². The molecule has 0 saturated heterocycles. The second-order valence-electron chi connectivity index (χ2n) is 5.93. The van der Waals surface area contributed by atoms with E-state index in [2.05, 4.69) is 4.98 Å². The Hall–Kier alpha value is -3.19. The second kappa shape index (κ2) is 6.85. The van der Waals surface area contributed by atoms with Crippen LogP contribution in [0.25, 0.3) is 21.3 Å². The number of halogens is 2. The molecule has 0 bridgehead atoms. The standard InChI is InChI=1S/C20H12F2N2O2S/c21-15-7-6-13(8-16(15)22)17(25)9-24-11-23-19-18(20(24)26)14(10-27-19)12-4-2-1-3-5-12/h1-8,10-11H,9H2. The van der Waals surface area contributed by atoms with Crippen molar-refractivity contribution in [3.05, 3.63) is 87.8 Å². The molecule has 7 heteroatoms. The molecule has 4 nitrogen and oxygen atoms in total. The van der Waals surface area contributed by atoms with Gasteiger partial charge in [0.25, 0.3) is 5.56 Å². The van der Waals surface area contributed by atoms with Gasteiger partial charge in [-0.2, -0.15) is 0 Å². The molecule has 4 rings (SSSR count). The number of nitrogens with zero attached hydrogens (tertiary/aromatic N) is 2. The Morgan fingerprint density at radius 3 is 2.59 bits per heavy atom. The summed E-state index contributed by atoms with van der Waals surface area (Å²) in [4.78, 5) is 30.1. The summed E-state index contributed by atoms with van der Waals surface area (Å²) in [5.41, 5.74) is 1.28. The van der Waals surface area contributed by atoms with Gasteiger partial charge in [0.15, 0.2) is 17.4 Å². The first-order chi connectivity index (χ1) is 13.0. The van der Waals surface area contributed by atoms with Crippen LogP contribution in [0.4, 0.5) is 8.78 Å². The van der Waals surface area contributed by atoms with Crippen molar-refractivity contribution < 1.29 is 13.6 Å². The fourth-order valence-corrected chi connectivity index (χ4v) is 3.73. The highest BCUT2D eigenvalue weighted by atomic mass is 32.1. The molecule has 0 aliphatic heterocycles. The number of fused-ring (bicyclic) bond motifs is 1. The third-order valence-corrected chi connectivity index (χ3v) is 5.09. The van der Waals surface area contributed by atoms with E-state index in [1.54, 1.807) is 0 Å². The summed E-state index contributed by atoms with van der Waals surface area (Å²) in [5.74, 6) is -2.64. The van der Waals surface area contributed by atoms with E-state index in [1.807, 2.05) is 35.7 Å². The summed E-state index contributed by atoms with van der Waals surface area (Å²) in [7, 11) is 0. The van der Waals surface area contributed by atoms with Gasteiger partial charge in [-0.3, -0.25) is 14.2 Å². The highest BCUT2D eigenvalue weighted by molar-refractivity contribution is 7.17. The zero-order valence-electron chi connectivity index (χ0n) is 13.9. The van der Waals surface area contributed by atoms with E-state index in [4.69, 9.17) is 0 Å². The molecule has 27 heavy (non-hydrogen) atoms. The van der Waals surface area contributed by atoms with Crippen LogP contribution >= 0.6 is 11.3 Å². The number of rotatable bonds is 4. The molecule has 2 heterocycles. The van der Waals surface area contributed by atoms with Crippen LogP contribution in [0, 0.1) is 11.6 Å². The van der Waals surface area contributed by atoms with Crippen molar-refractivity contribution >= 4 is 27.3 Å². The number of hydrogen-bond acceptors (Lipinski definition) is 4. The molecule has 2 aromatic carbocycles. The molecule has 2 aromatic heterocycles. The summed E-state index contributed by atoms with van der Waals surface area (Å²) in [6.45, 7) is -0.309. The van der Waals surface area contributed by atoms with Crippen molar-refractivity contribution in [2.75, 3.05) is 0 Å². The first kappa shape index (κ1) is 17.2.